The predicted molar refractivity (Wildman–Crippen MR) is 153 cm³/mol. The summed E-state index contributed by atoms with van der Waals surface area (Å²) in [5.41, 5.74) is 8.43. The lowest BCUT2D eigenvalue weighted by Gasteiger charge is -2.30. The van der Waals surface area contributed by atoms with Gasteiger partial charge in [-0.05, 0) is 68.9 Å². The minimum absolute atomic E-state index is 0.183. The number of aromatic nitrogens is 4. The number of fused-ring (bicyclic) bond motifs is 1. The number of nitrogens with one attached hydrogen (secondary N) is 3. The highest BCUT2D eigenvalue weighted by Crippen LogP contribution is 2.32. The van der Waals surface area contributed by atoms with Gasteiger partial charge in [-0.2, -0.15) is 0 Å². The third kappa shape index (κ3) is 7.05. The number of ketones is 1. The van der Waals surface area contributed by atoms with Crippen LogP contribution in [0.5, 0.6) is 0 Å². The fourth-order valence-corrected chi connectivity index (χ4v) is 5.39. The van der Waals surface area contributed by atoms with E-state index in [1.165, 1.54) is 12.4 Å². The zero-order valence-electron chi connectivity index (χ0n) is 22.5. The standard InChI is InChI=1S/C28H37ClN8O2/c1-16(2)11-21(30)24(38)12-17-3-5-19(6-4-17)34-26-14-22(33-18-7-8-18)27-32-15-23(37(27)36-26)28(39)35-20-9-10-31-25(29)13-20/h9-10,13-19,21,33H,3-8,11-12,30H2,1-2H3,(H,34,36)(H,31,35,39)/t17?,19?,21-/m1/s1. The lowest BCUT2D eigenvalue weighted by molar-refractivity contribution is -0.121. The number of carbonyl (C=O) groups excluding carboxylic acids is 2. The number of nitrogens with zero attached hydrogens (tertiary/aromatic N) is 4. The molecule has 1 atom stereocenters. The van der Waals surface area contributed by atoms with Gasteiger partial charge in [0.1, 0.15) is 16.8 Å². The van der Waals surface area contributed by atoms with E-state index in [2.05, 4.69) is 39.8 Å². The van der Waals surface area contributed by atoms with Crippen LogP contribution in [0.1, 0.15) is 75.7 Å². The van der Waals surface area contributed by atoms with Crippen LogP contribution in [-0.4, -0.2) is 49.4 Å². The van der Waals surface area contributed by atoms with Gasteiger partial charge in [0.2, 0.25) is 0 Å². The molecule has 0 spiro atoms. The number of rotatable bonds is 11. The van der Waals surface area contributed by atoms with E-state index >= 15 is 0 Å². The zero-order chi connectivity index (χ0) is 27.5. The number of pyridine rings is 1. The van der Waals surface area contributed by atoms with Crippen molar-refractivity contribution >= 4 is 46.1 Å². The van der Waals surface area contributed by atoms with Gasteiger partial charge < -0.3 is 21.7 Å². The van der Waals surface area contributed by atoms with E-state index in [1.54, 1.807) is 16.6 Å². The zero-order valence-corrected chi connectivity index (χ0v) is 23.2. The van der Waals surface area contributed by atoms with Crippen molar-refractivity contribution in [3.63, 3.8) is 0 Å². The van der Waals surface area contributed by atoms with Crippen LogP contribution in [-0.2, 0) is 4.79 Å². The van der Waals surface area contributed by atoms with Crippen LogP contribution in [0.25, 0.3) is 5.65 Å². The Bertz CT molecular complexity index is 1330. The summed E-state index contributed by atoms with van der Waals surface area (Å²) >= 11 is 5.97. The molecule has 2 aliphatic rings. The summed E-state index contributed by atoms with van der Waals surface area (Å²) in [5, 5.41) is 15.0. The second-order valence-electron chi connectivity index (χ2n) is 11.3. The van der Waals surface area contributed by atoms with Crippen LogP contribution in [0.2, 0.25) is 5.15 Å². The Hall–Kier alpha value is -3.24. The van der Waals surface area contributed by atoms with Gasteiger partial charge >= 0.3 is 0 Å². The Labute approximate surface area is 233 Å². The number of amides is 1. The van der Waals surface area contributed by atoms with Crippen LogP contribution in [0, 0.1) is 11.8 Å². The molecule has 3 heterocycles. The molecule has 5 rings (SSSR count). The van der Waals surface area contributed by atoms with E-state index in [9.17, 15) is 9.59 Å². The lowest BCUT2D eigenvalue weighted by atomic mass is 9.81. The molecule has 11 heteroatoms. The van der Waals surface area contributed by atoms with Gasteiger partial charge in [0.05, 0.1) is 17.9 Å². The van der Waals surface area contributed by atoms with Gasteiger partial charge in [-0.3, -0.25) is 9.59 Å². The van der Waals surface area contributed by atoms with Gasteiger partial charge in [0.25, 0.3) is 5.91 Å². The van der Waals surface area contributed by atoms with Crippen molar-refractivity contribution in [3.05, 3.63) is 41.4 Å². The molecule has 39 heavy (non-hydrogen) atoms. The molecule has 3 aromatic rings. The number of halogens is 1. The third-order valence-corrected chi connectivity index (χ3v) is 7.66. The largest absolute Gasteiger partial charge is 0.379 e. The van der Waals surface area contributed by atoms with Crippen molar-refractivity contribution in [3.8, 4) is 0 Å². The number of hydrogen-bond donors (Lipinski definition) is 4. The minimum atomic E-state index is -0.355. The predicted octanol–water partition coefficient (Wildman–Crippen LogP) is 4.91. The summed E-state index contributed by atoms with van der Waals surface area (Å²) in [6.45, 7) is 4.19. The smallest absolute Gasteiger partial charge is 0.276 e. The van der Waals surface area contributed by atoms with Crippen molar-refractivity contribution in [2.24, 2.45) is 17.6 Å². The second kappa shape index (κ2) is 11.9. The van der Waals surface area contributed by atoms with E-state index in [4.69, 9.17) is 22.4 Å². The Balaban J connectivity index is 1.27. The molecule has 0 saturated heterocycles. The number of Topliss-reactive ketones (excluding diaryl/α,β-unsaturated/α-hetero) is 1. The van der Waals surface area contributed by atoms with Gasteiger partial charge in [-0.15, -0.1) is 5.10 Å². The normalized spacial score (nSPS) is 20.1. The molecular weight excluding hydrogens is 516 g/mol. The first-order valence-corrected chi connectivity index (χ1v) is 14.3. The summed E-state index contributed by atoms with van der Waals surface area (Å²) in [5.74, 6) is 1.32. The Morgan fingerprint density at radius 1 is 1.08 bits per heavy atom. The van der Waals surface area contributed by atoms with Crippen molar-refractivity contribution in [2.75, 3.05) is 16.0 Å². The second-order valence-corrected chi connectivity index (χ2v) is 11.7. The maximum Gasteiger partial charge on any atom is 0.276 e. The summed E-state index contributed by atoms with van der Waals surface area (Å²) in [6, 6.07) is 5.53. The van der Waals surface area contributed by atoms with Crippen LogP contribution < -0.4 is 21.7 Å². The van der Waals surface area contributed by atoms with Crippen LogP contribution in [0.15, 0.2) is 30.6 Å². The summed E-state index contributed by atoms with van der Waals surface area (Å²) in [6.07, 6.45) is 10.4. The number of nitrogens with two attached hydrogens (primary N) is 1. The molecule has 1 amide bonds. The molecule has 0 radical (unpaired) electrons. The van der Waals surface area contributed by atoms with E-state index < -0.39 is 0 Å². The third-order valence-electron chi connectivity index (χ3n) is 7.45. The maximum absolute atomic E-state index is 13.1. The Kier molecular flexibility index (Phi) is 8.32. The number of carbonyl (C=O) groups is 2. The van der Waals surface area contributed by atoms with E-state index in [-0.39, 0.29) is 23.8 Å². The quantitative estimate of drug-likeness (QED) is 0.246. The molecule has 10 nitrogen and oxygen atoms in total. The molecule has 0 unspecified atom stereocenters. The first kappa shape index (κ1) is 27.3. The van der Waals surface area contributed by atoms with Crippen LogP contribution in [0.4, 0.5) is 17.2 Å². The first-order chi connectivity index (χ1) is 18.7. The van der Waals surface area contributed by atoms with Gasteiger partial charge in [-0.1, -0.05) is 25.4 Å². The molecule has 0 aromatic carbocycles. The molecule has 2 saturated carbocycles. The summed E-state index contributed by atoms with van der Waals surface area (Å²) in [7, 11) is 0. The Morgan fingerprint density at radius 3 is 2.49 bits per heavy atom. The average molecular weight is 553 g/mol. The SMILES string of the molecule is CC(C)C[C@@H](N)C(=O)CC1CCC(Nc2cc(NC3CC3)c3ncc(C(=O)Nc4ccnc(Cl)c4)n3n2)CC1. The van der Waals surface area contributed by atoms with Crippen LogP contribution in [0.3, 0.4) is 0 Å². The monoisotopic (exact) mass is 552 g/mol. The van der Waals surface area contributed by atoms with Gasteiger partial charge in [-0.25, -0.2) is 14.5 Å². The fraction of sp³-hybridized carbons (Fsp3) is 0.536. The van der Waals surface area contributed by atoms with Crippen molar-refractivity contribution in [2.45, 2.75) is 83.3 Å². The van der Waals surface area contributed by atoms with Gasteiger partial charge in [0.15, 0.2) is 11.3 Å². The molecule has 5 N–H and O–H groups in total. The number of hydrogen-bond acceptors (Lipinski definition) is 8. The minimum Gasteiger partial charge on any atom is -0.379 e. The van der Waals surface area contributed by atoms with E-state index in [0.717, 1.165) is 50.6 Å². The molecule has 2 fully saturated rings. The highest BCUT2D eigenvalue weighted by Gasteiger charge is 2.27. The molecule has 2 aliphatic carbocycles. The topological polar surface area (TPSA) is 139 Å². The molecular formula is C28H37ClN8O2. The number of imidazole rings is 1. The molecule has 3 aromatic heterocycles. The summed E-state index contributed by atoms with van der Waals surface area (Å²) in [4.78, 5) is 34.1. The highest BCUT2D eigenvalue weighted by molar-refractivity contribution is 6.29. The van der Waals surface area contributed by atoms with Crippen molar-refractivity contribution in [1.82, 2.24) is 19.6 Å². The van der Waals surface area contributed by atoms with E-state index in [0.29, 0.717) is 52.3 Å². The average Bonchev–Trinajstić information content (AvgIpc) is 3.60. The molecule has 0 bridgehead atoms. The lowest BCUT2D eigenvalue weighted by Crippen LogP contribution is -2.34. The van der Waals surface area contributed by atoms with Crippen LogP contribution >= 0.6 is 11.6 Å². The maximum atomic E-state index is 13.1. The van der Waals surface area contributed by atoms with Crippen molar-refractivity contribution in [1.29, 1.82) is 0 Å². The molecule has 0 aliphatic heterocycles. The number of anilines is 3. The Morgan fingerprint density at radius 2 is 1.79 bits per heavy atom. The summed E-state index contributed by atoms with van der Waals surface area (Å²) < 4.78 is 1.59. The van der Waals surface area contributed by atoms with Gasteiger partial charge in [0, 0.05) is 36.5 Å². The van der Waals surface area contributed by atoms with Crippen molar-refractivity contribution < 1.29 is 9.59 Å². The molecule has 208 valence electrons. The first-order valence-electron chi connectivity index (χ1n) is 13.9. The van der Waals surface area contributed by atoms with E-state index in [1.807, 2.05) is 6.07 Å². The highest BCUT2D eigenvalue weighted by atomic mass is 35.5. The fourth-order valence-electron chi connectivity index (χ4n) is 5.22.